The number of hydrogen-bond acceptors (Lipinski definition) is 5. The van der Waals surface area contributed by atoms with Crippen molar-refractivity contribution in [2.45, 2.75) is 25.6 Å². The molecule has 4 N–H and O–H groups in total. The molecule has 5 nitrogen and oxygen atoms in total. The highest BCUT2D eigenvalue weighted by Crippen LogP contribution is 2.28. The van der Waals surface area contributed by atoms with Crippen LogP contribution in [0.15, 0.2) is 18.2 Å². The van der Waals surface area contributed by atoms with Gasteiger partial charge in [0.25, 0.3) is 0 Å². The van der Waals surface area contributed by atoms with E-state index in [1.54, 1.807) is 25.1 Å². The summed E-state index contributed by atoms with van der Waals surface area (Å²) in [5, 5.41) is 36.9. The van der Waals surface area contributed by atoms with Crippen molar-refractivity contribution in [3.05, 3.63) is 29.3 Å². The molecule has 1 atom stereocenters. The maximum Gasteiger partial charge on any atom is 0.455 e. The van der Waals surface area contributed by atoms with Crippen molar-refractivity contribution in [2.75, 3.05) is 6.61 Å². The minimum Gasteiger partial charge on any atom is -0.507 e. The summed E-state index contributed by atoms with van der Waals surface area (Å²) in [6, 6.07) is 5.16. The molecule has 0 radical (unpaired) electrons. The molecule has 6 heteroatoms. The number of benzene rings is 1. The zero-order chi connectivity index (χ0) is 13.7. The van der Waals surface area contributed by atoms with Crippen LogP contribution >= 0.6 is 0 Å². The van der Waals surface area contributed by atoms with Crippen molar-refractivity contribution in [3.8, 4) is 5.75 Å². The van der Waals surface area contributed by atoms with Crippen molar-refractivity contribution in [1.82, 2.24) is 0 Å². The van der Waals surface area contributed by atoms with Gasteiger partial charge in [0.15, 0.2) is 5.78 Å². The molecule has 0 heterocycles. The monoisotopic (exact) mass is 252 g/mol. The van der Waals surface area contributed by atoms with Gasteiger partial charge in [-0.25, -0.2) is 0 Å². The Kier molecular flexibility index (Phi) is 5.34. The number of aliphatic hydroxyl groups excluding tert-OH is 1. The molecular formula is C12H17BO5. The standard InChI is InChI=1S/C12H17BO5/c1-8-3-2-4-9(12(8)16)5-10(13(17)18)6-11(15)7-14/h2-4,10,14,16-18H,5-7H2,1H3. The van der Waals surface area contributed by atoms with Gasteiger partial charge in [-0.15, -0.1) is 0 Å². The summed E-state index contributed by atoms with van der Waals surface area (Å²) < 4.78 is 0. The van der Waals surface area contributed by atoms with E-state index in [0.717, 1.165) is 0 Å². The van der Waals surface area contributed by atoms with Crippen molar-refractivity contribution in [1.29, 1.82) is 0 Å². The summed E-state index contributed by atoms with van der Waals surface area (Å²) in [6.07, 6.45) is 0.0263. The van der Waals surface area contributed by atoms with Crippen LogP contribution in [0.2, 0.25) is 5.82 Å². The molecule has 0 aliphatic rings. The Bertz CT molecular complexity index is 419. The first kappa shape index (κ1) is 14.7. The average molecular weight is 252 g/mol. The molecule has 0 saturated carbocycles. The molecule has 18 heavy (non-hydrogen) atoms. The number of para-hydroxylation sites is 1. The zero-order valence-electron chi connectivity index (χ0n) is 10.2. The fraction of sp³-hybridized carbons (Fsp3) is 0.417. The lowest BCUT2D eigenvalue weighted by molar-refractivity contribution is -0.121. The number of carbonyl (C=O) groups is 1. The number of Topliss-reactive ketones (excluding diaryl/α,β-unsaturated/α-hetero) is 1. The third-order valence-corrected chi connectivity index (χ3v) is 2.89. The fourth-order valence-electron chi connectivity index (χ4n) is 1.81. The Morgan fingerprint density at radius 3 is 2.61 bits per heavy atom. The number of phenolic OH excluding ortho intramolecular Hbond substituents is 1. The molecular weight excluding hydrogens is 235 g/mol. The summed E-state index contributed by atoms with van der Waals surface area (Å²) in [6.45, 7) is 1.12. The summed E-state index contributed by atoms with van der Waals surface area (Å²) in [7, 11) is -1.67. The van der Waals surface area contributed by atoms with Gasteiger partial charge in [0.05, 0.1) is 0 Å². The second-order valence-corrected chi connectivity index (χ2v) is 4.36. The van der Waals surface area contributed by atoms with Crippen LogP contribution < -0.4 is 0 Å². The molecule has 0 aliphatic heterocycles. The smallest absolute Gasteiger partial charge is 0.455 e. The van der Waals surface area contributed by atoms with E-state index < -0.39 is 25.3 Å². The van der Waals surface area contributed by atoms with Crippen LogP contribution in [0.1, 0.15) is 17.5 Å². The molecule has 0 bridgehead atoms. The minimum absolute atomic E-state index is 0.0968. The van der Waals surface area contributed by atoms with E-state index in [1.807, 2.05) is 0 Å². The molecule has 0 fully saturated rings. The predicted octanol–water partition coefficient (Wildman–Crippen LogP) is 0.0376. The molecule has 0 amide bonds. The molecule has 0 aromatic heterocycles. The van der Waals surface area contributed by atoms with Crippen molar-refractivity contribution < 1.29 is 25.1 Å². The van der Waals surface area contributed by atoms with Crippen molar-refractivity contribution in [2.24, 2.45) is 0 Å². The van der Waals surface area contributed by atoms with Crippen LogP contribution in [-0.4, -0.2) is 39.8 Å². The van der Waals surface area contributed by atoms with Crippen LogP contribution in [0.5, 0.6) is 5.75 Å². The van der Waals surface area contributed by atoms with E-state index in [4.69, 9.17) is 5.11 Å². The first-order valence-electron chi connectivity index (χ1n) is 5.71. The van der Waals surface area contributed by atoms with E-state index in [-0.39, 0.29) is 18.6 Å². The SMILES string of the molecule is Cc1cccc(CC(CC(=O)CO)B(O)O)c1O. The lowest BCUT2D eigenvalue weighted by Crippen LogP contribution is -2.25. The fourth-order valence-corrected chi connectivity index (χ4v) is 1.81. The van der Waals surface area contributed by atoms with Crippen LogP contribution in [0, 0.1) is 6.92 Å². The molecule has 98 valence electrons. The Morgan fingerprint density at radius 2 is 2.06 bits per heavy atom. The first-order chi connectivity index (χ1) is 8.45. The van der Waals surface area contributed by atoms with Gasteiger partial charge >= 0.3 is 7.12 Å². The summed E-state index contributed by atoms with van der Waals surface area (Å²) >= 11 is 0. The quantitative estimate of drug-likeness (QED) is 0.536. The Morgan fingerprint density at radius 1 is 1.39 bits per heavy atom. The van der Waals surface area contributed by atoms with E-state index in [1.165, 1.54) is 0 Å². The summed E-state index contributed by atoms with van der Waals surface area (Å²) in [5.41, 5.74) is 1.24. The first-order valence-corrected chi connectivity index (χ1v) is 5.71. The zero-order valence-corrected chi connectivity index (χ0v) is 10.2. The lowest BCUT2D eigenvalue weighted by Gasteiger charge is -2.16. The van der Waals surface area contributed by atoms with Gasteiger partial charge < -0.3 is 20.3 Å². The van der Waals surface area contributed by atoms with Gasteiger partial charge in [-0.1, -0.05) is 18.2 Å². The van der Waals surface area contributed by atoms with Gasteiger partial charge in [0.1, 0.15) is 12.4 Å². The second kappa shape index (κ2) is 6.54. The highest BCUT2D eigenvalue weighted by atomic mass is 16.4. The maximum absolute atomic E-state index is 11.1. The number of aliphatic hydroxyl groups is 1. The molecule has 1 aromatic rings. The van der Waals surface area contributed by atoms with Gasteiger partial charge in [-0.2, -0.15) is 0 Å². The Labute approximate surface area is 106 Å². The highest BCUT2D eigenvalue weighted by molar-refractivity contribution is 6.43. The van der Waals surface area contributed by atoms with Crippen molar-refractivity contribution >= 4 is 12.9 Å². The normalized spacial score (nSPS) is 12.2. The Balaban J connectivity index is 2.83. The topological polar surface area (TPSA) is 98.0 Å². The van der Waals surface area contributed by atoms with Crippen LogP contribution in [0.3, 0.4) is 0 Å². The maximum atomic E-state index is 11.1. The van der Waals surface area contributed by atoms with E-state index >= 15 is 0 Å². The number of rotatable bonds is 6. The van der Waals surface area contributed by atoms with E-state index in [9.17, 15) is 19.9 Å². The van der Waals surface area contributed by atoms with Crippen molar-refractivity contribution in [3.63, 3.8) is 0 Å². The third-order valence-electron chi connectivity index (χ3n) is 2.89. The number of phenols is 1. The molecule has 0 saturated heterocycles. The lowest BCUT2D eigenvalue weighted by atomic mass is 9.67. The van der Waals surface area contributed by atoms with Crippen LogP contribution in [-0.2, 0) is 11.2 Å². The largest absolute Gasteiger partial charge is 0.507 e. The third kappa shape index (κ3) is 3.84. The van der Waals surface area contributed by atoms with Gasteiger partial charge in [-0.05, 0) is 24.5 Å². The van der Waals surface area contributed by atoms with Gasteiger partial charge in [-0.3, -0.25) is 4.79 Å². The molecule has 1 rings (SSSR count). The average Bonchev–Trinajstić information content (AvgIpc) is 2.33. The van der Waals surface area contributed by atoms with Crippen LogP contribution in [0.4, 0.5) is 0 Å². The van der Waals surface area contributed by atoms with Crippen LogP contribution in [0.25, 0.3) is 0 Å². The number of aryl methyl sites for hydroxylation is 1. The molecule has 0 aliphatic carbocycles. The van der Waals surface area contributed by atoms with E-state index in [0.29, 0.717) is 11.1 Å². The predicted molar refractivity (Wildman–Crippen MR) is 67.2 cm³/mol. The van der Waals surface area contributed by atoms with E-state index in [2.05, 4.69) is 0 Å². The Hall–Kier alpha value is -1.37. The highest BCUT2D eigenvalue weighted by Gasteiger charge is 2.27. The summed E-state index contributed by atoms with van der Waals surface area (Å²) in [4.78, 5) is 11.1. The second-order valence-electron chi connectivity index (χ2n) is 4.36. The van der Waals surface area contributed by atoms with Gasteiger partial charge in [0.2, 0.25) is 0 Å². The number of carbonyl (C=O) groups excluding carboxylic acids is 1. The molecule has 1 aromatic carbocycles. The molecule has 0 spiro atoms. The number of ketones is 1. The minimum atomic E-state index is -1.67. The summed E-state index contributed by atoms with van der Waals surface area (Å²) in [5.74, 6) is -1.10. The number of hydrogen-bond donors (Lipinski definition) is 4. The molecule has 1 unspecified atom stereocenters. The van der Waals surface area contributed by atoms with Gasteiger partial charge in [0, 0.05) is 12.2 Å². The number of aromatic hydroxyl groups is 1.